The number of carbonyl (C=O) groups is 3. The van der Waals surface area contributed by atoms with Gasteiger partial charge in [0.05, 0.1) is 10.5 Å². The lowest BCUT2D eigenvalue weighted by Crippen LogP contribution is -2.35. The van der Waals surface area contributed by atoms with E-state index < -0.39 is 28.0 Å². The van der Waals surface area contributed by atoms with E-state index in [0.29, 0.717) is 24.5 Å². The van der Waals surface area contributed by atoms with Crippen LogP contribution in [0.25, 0.3) is 0 Å². The Labute approximate surface area is 193 Å². The quantitative estimate of drug-likeness (QED) is 0.596. The second-order valence-corrected chi connectivity index (χ2v) is 9.72. The van der Waals surface area contributed by atoms with E-state index >= 15 is 0 Å². The summed E-state index contributed by atoms with van der Waals surface area (Å²) in [4.78, 5) is 36.0. The largest absolute Gasteiger partial charge is 0.449 e. The summed E-state index contributed by atoms with van der Waals surface area (Å²) in [5.74, 6) is -1.47. The fraction of sp³-hybridized carbons (Fsp3) is 0.348. The lowest BCUT2D eigenvalue weighted by molar-refractivity contribution is -0.123. The van der Waals surface area contributed by atoms with Gasteiger partial charge in [-0.25, -0.2) is 13.2 Å². The molecule has 0 saturated carbocycles. The minimum absolute atomic E-state index is 0.120. The molecule has 9 nitrogen and oxygen atoms in total. The van der Waals surface area contributed by atoms with Crippen LogP contribution in [-0.2, 0) is 24.3 Å². The highest BCUT2D eigenvalue weighted by Gasteiger charge is 2.26. The van der Waals surface area contributed by atoms with Crippen LogP contribution in [0.5, 0.6) is 0 Å². The number of amides is 2. The number of sulfonamides is 1. The number of esters is 1. The maximum Gasteiger partial charge on any atom is 0.338 e. The minimum Gasteiger partial charge on any atom is -0.449 e. The van der Waals surface area contributed by atoms with Crippen LogP contribution in [0.3, 0.4) is 0 Å². The van der Waals surface area contributed by atoms with Gasteiger partial charge in [0.15, 0.2) is 6.10 Å². The molecule has 0 aromatic heterocycles. The first kappa shape index (κ1) is 24.4. The second-order valence-electron chi connectivity index (χ2n) is 7.78. The maximum absolute atomic E-state index is 12.7. The molecule has 1 saturated heterocycles. The van der Waals surface area contributed by atoms with Crippen molar-refractivity contribution in [3.05, 3.63) is 54.1 Å². The second kappa shape index (κ2) is 10.6. The lowest BCUT2D eigenvalue weighted by Gasteiger charge is -2.25. The molecule has 1 aliphatic rings. The van der Waals surface area contributed by atoms with Gasteiger partial charge in [0, 0.05) is 31.4 Å². The Balaban J connectivity index is 1.57. The number of piperidine rings is 1. The summed E-state index contributed by atoms with van der Waals surface area (Å²) in [6.45, 7) is 3.82. The molecule has 2 N–H and O–H groups in total. The molecule has 0 spiro atoms. The van der Waals surface area contributed by atoms with Crippen molar-refractivity contribution in [3.8, 4) is 0 Å². The first-order valence-electron chi connectivity index (χ1n) is 10.7. The summed E-state index contributed by atoms with van der Waals surface area (Å²) in [6, 6.07) is 12.0. The monoisotopic (exact) mass is 473 g/mol. The number of nitrogens with zero attached hydrogens (tertiary/aromatic N) is 1. The molecule has 1 fully saturated rings. The number of hydrogen-bond acceptors (Lipinski definition) is 6. The summed E-state index contributed by atoms with van der Waals surface area (Å²) in [5, 5.41) is 5.25. The highest BCUT2D eigenvalue weighted by Crippen LogP contribution is 2.21. The predicted molar refractivity (Wildman–Crippen MR) is 123 cm³/mol. The Hall–Kier alpha value is -3.24. The average molecular weight is 474 g/mol. The van der Waals surface area contributed by atoms with Crippen LogP contribution in [0.2, 0.25) is 0 Å². The van der Waals surface area contributed by atoms with E-state index in [4.69, 9.17) is 4.74 Å². The first-order valence-corrected chi connectivity index (χ1v) is 12.1. The number of carbonyl (C=O) groups excluding carboxylic acids is 3. The van der Waals surface area contributed by atoms with Crippen molar-refractivity contribution in [2.45, 2.75) is 44.1 Å². The van der Waals surface area contributed by atoms with Crippen molar-refractivity contribution < 1.29 is 27.5 Å². The molecular weight excluding hydrogens is 446 g/mol. The fourth-order valence-electron chi connectivity index (χ4n) is 3.38. The van der Waals surface area contributed by atoms with Crippen molar-refractivity contribution in [1.82, 2.24) is 4.31 Å². The Morgan fingerprint density at radius 2 is 1.42 bits per heavy atom. The molecule has 1 heterocycles. The van der Waals surface area contributed by atoms with Crippen LogP contribution >= 0.6 is 0 Å². The van der Waals surface area contributed by atoms with Crippen LogP contribution in [0, 0.1) is 0 Å². The maximum atomic E-state index is 12.7. The van der Waals surface area contributed by atoms with E-state index in [0.717, 1.165) is 19.3 Å². The highest BCUT2D eigenvalue weighted by atomic mass is 32.2. The van der Waals surface area contributed by atoms with Crippen LogP contribution in [0.1, 0.15) is 43.5 Å². The standard InChI is InChI=1S/C23H27N3O6S/c1-16(22(28)25-20-10-8-19(9-11-20)24-17(2)27)32-23(29)18-6-12-21(13-7-18)33(30,31)26-14-4-3-5-15-26/h6-13,16H,3-5,14-15H2,1-2H3,(H,24,27)(H,25,28)/t16-/m1/s1. The zero-order chi connectivity index (χ0) is 24.0. The third-order valence-electron chi connectivity index (χ3n) is 5.17. The van der Waals surface area contributed by atoms with E-state index in [1.54, 1.807) is 24.3 Å². The molecule has 3 rings (SSSR count). The number of anilines is 2. The average Bonchev–Trinajstić information content (AvgIpc) is 2.80. The molecule has 0 aliphatic carbocycles. The SMILES string of the molecule is CC(=O)Nc1ccc(NC(=O)[C@@H](C)OC(=O)c2ccc(S(=O)(=O)N3CCCCC3)cc2)cc1. The molecule has 33 heavy (non-hydrogen) atoms. The Kier molecular flexibility index (Phi) is 7.83. The van der Waals surface area contributed by atoms with E-state index in [-0.39, 0.29) is 16.4 Å². The van der Waals surface area contributed by atoms with Gasteiger partial charge in [-0.2, -0.15) is 4.31 Å². The van der Waals surface area contributed by atoms with Gasteiger partial charge in [-0.3, -0.25) is 9.59 Å². The molecule has 0 bridgehead atoms. The molecule has 1 aliphatic heterocycles. The number of benzene rings is 2. The fourth-order valence-corrected chi connectivity index (χ4v) is 4.90. The van der Waals surface area contributed by atoms with Gasteiger partial charge in [0.2, 0.25) is 15.9 Å². The van der Waals surface area contributed by atoms with Crippen molar-refractivity contribution in [3.63, 3.8) is 0 Å². The predicted octanol–water partition coefficient (Wildman–Crippen LogP) is 3.00. The Morgan fingerprint density at radius 3 is 1.97 bits per heavy atom. The van der Waals surface area contributed by atoms with Crippen LogP contribution in [0.4, 0.5) is 11.4 Å². The number of ether oxygens (including phenoxy) is 1. The minimum atomic E-state index is -3.59. The van der Waals surface area contributed by atoms with Crippen molar-refractivity contribution >= 4 is 39.2 Å². The third kappa shape index (κ3) is 6.39. The summed E-state index contributed by atoms with van der Waals surface area (Å²) in [7, 11) is -3.59. The summed E-state index contributed by atoms with van der Waals surface area (Å²) in [5.41, 5.74) is 1.21. The molecule has 176 valence electrons. The van der Waals surface area contributed by atoms with Gasteiger partial charge >= 0.3 is 5.97 Å². The van der Waals surface area contributed by atoms with E-state index in [9.17, 15) is 22.8 Å². The number of hydrogen-bond donors (Lipinski definition) is 2. The smallest absolute Gasteiger partial charge is 0.338 e. The van der Waals surface area contributed by atoms with Gasteiger partial charge in [0.25, 0.3) is 5.91 Å². The Morgan fingerprint density at radius 1 is 0.879 bits per heavy atom. The summed E-state index contributed by atoms with van der Waals surface area (Å²) in [6.07, 6.45) is 1.61. The van der Waals surface area contributed by atoms with Gasteiger partial charge in [-0.15, -0.1) is 0 Å². The van der Waals surface area contributed by atoms with Gasteiger partial charge in [0.1, 0.15) is 0 Å². The highest BCUT2D eigenvalue weighted by molar-refractivity contribution is 7.89. The molecule has 2 amide bonds. The molecule has 10 heteroatoms. The van der Waals surface area contributed by atoms with E-state index in [1.807, 2.05) is 0 Å². The third-order valence-corrected chi connectivity index (χ3v) is 7.08. The van der Waals surface area contributed by atoms with Crippen LogP contribution < -0.4 is 10.6 Å². The van der Waals surface area contributed by atoms with Gasteiger partial charge < -0.3 is 15.4 Å². The van der Waals surface area contributed by atoms with Crippen LogP contribution in [-0.4, -0.2) is 49.7 Å². The van der Waals surface area contributed by atoms with Crippen molar-refractivity contribution in [2.75, 3.05) is 23.7 Å². The molecule has 2 aromatic carbocycles. The normalized spacial score (nSPS) is 15.3. The van der Waals surface area contributed by atoms with E-state index in [1.165, 1.54) is 42.4 Å². The number of nitrogens with one attached hydrogen (secondary N) is 2. The molecule has 0 radical (unpaired) electrons. The Bertz CT molecular complexity index is 1110. The number of rotatable bonds is 7. The molecule has 0 unspecified atom stereocenters. The van der Waals surface area contributed by atoms with Gasteiger partial charge in [-0.1, -0.05) is 6.42 Å². The topological polar surface area (TPSA) is 122 Å². The first-order chi connectivity index (χ1) is 15.7. The molecule has 1 atom stereocenters. The lowest BCUT2D eigenvalue weighted by atomic mass is 10.2. The summed E-state index contributed by atoms with van der Waals surface area (Å²) >= 11 is 0. The van der Waals surface area contributed by atoms with Gasteiger partial charge in [-0.05, 0) is 68.3 Å². The molecular formula is C23H27N3O6S. The van der Waals surface area contributed by atoms with Crippen molar-refractivity contribution in [2.24, 2.45) is 0 Å². The van der Waals surface area contributed by atoms with Crippen LogP contribution in [0.15, 0.2) is 53.4 Å². The summed E-state index contributed by atoms with van der Waals surface area (Å²) < 4.78 is 32.1. The molecule has 2 aromatic rings. The van der Waals surface area contributed by atoms with Crippen molar-refractivity contribution in [1.29, 1.82) is 0 Å². The zero-order valence-corrected chi connectivity index (χ0v) is 19.4. The van der Waals surface area contributed by atoms with E-state index in [2.05, 4.69) is 10.6 Å². The zero-order valence-electron chi connectivity index (χ0n) is 18.5.